The minimum absolute atomic E-state index is 0.130. The van der Waals surface area contributed by atoms with Gasteiger partial charge in [0.05, 0.1) is 32.5 Å². The van der Waals surface area contributed by atoms with Crippen molar-refractivity contribution < 1.29 is 14.3 Å². The number of carbonyl (C=O) groups is 1. The summed E-state index contributed by atoms with van der Waals surface area (Å²) in [6, 6.07) is 5.30. The number of nitrogens with two attached hydrogens (primary N) is 1. The number of hydrazone groups is 1. The molecule has 0 bridgehead atoms. The highest BCUT2D eigenvalue weighted by molar-refractivity contribution is 7.13. The molecule has 116 valence electrons. The number of hydrogen-bond donors (Lipinski definition) is 2. The third-order valence-electron chi connectivity index (χ3n) is 2.74. The molecule has 8 heteroatoms. The fourth-order valence-corrected chi connectivity index (χ4v) is 2.27. The molecule has 0 aliphatic rings. The Labute approximate surface area is 131 Å². The highest BCUT2D eigenvalue weighted by Crippen LogP contribution is 2.22. The van der Waals surface area contributed by atoms with E-state index >= 15 is 0 Å². The molecule has 1 amide bonds. The van der Waals surface area contributed by atoms with Gasteiger partial charge in [-0.3, -0.25) is 4.79 Å². The highest BCUT2D eigenvalue weighted by atomic mass is 32.1. The molecule has 0 aliphatic carbocycles. The zero-order valence-electron chi connectivity index (χ0n) is 12.2. The number of amides is 1. The molecule has 3 N–H and O–H groups in total. The smallest absolute Gasteiger partial charge is 0.246 e. The zero-order chi connectivity index (χ0) is 15.9. The number of nitrogen functional groups attached to an aromatic ring is 1. The van der Waals surface area contributed by atoms with Crippen molar-refractivity contribution in [1.29, 1.82) is 0 Å². The van der Waals surface area contributed by atoms with Crippen LogP contribution in [-0.4, -0.2) is 31.3 Å². The molecule has 0 saturated heterocycles. The van der Waals surface area contributed by atoms with Crippen LogP contribution in [0.25, 0.3) is 0 Å². The van der Waals surface area contributed by atoms with Gasteiger partial charge in [-0.1, -0.05) is 0 Å². The zero-order valence-corrected chi connectivity index (χ0v) is 13.0. The lowest BCUT2D eigenvalue weighted by atomic mass is 10.2. The van der Waals surface area contributed by atoms with Crippen molar-refractivity contribution in [3.63, 3.8) is 0 Å². The number of benzene rings is 1. The van der Waals surface area contributed by atoms with E-state index in [1.165, 1.54) is 17.6 Å². The van der Waals surface area contributed by atoms with Gasteiger partial charge in [-0.15, -0.1) is 11.3 Å². The first-order valence-corrected chi connectivity index (χ1v) is 7.24. The molecule has 0 saturated carbocycles. The van der Waals surface area contributed by atoms with Crippen molar-refractivity contribution in [3.8, 4) is 11.5 Å². The second-order valence-corrected chi connectivity index (χ2v) is 5.14. The summed E-state index contributed by atoms with van der Waals surface area (Å²) in [4.78, 5) is 15.7. The van der Waals surface area contributed by atoms with E-state index in [1.807, 2.05) is 0 Å². The molecule has 1 aromatic heterocycles. The lowest BCUT2D eigenvalue weighted by molar-refractivity contribution is -0.120. The van der Waals surface area contributed by atoms with E-state index in [0.717, 1.165) is 5.56 Å². The van der Waals surface area contributed by atoms with Crippen molar-refractivity contribution in [2.45, 2.75) is 6.42 Å². The Bertz CT molecular complexity index is 684. The van der Waals surface area contributed by atoms with Crippen LogP contribution in [-0.2, 0) is 11.2 Å². The van der Waals surface area contributed by atoms with Crippen LogP contribution < -0.4 is 20.6 Å². The highest BCUT2D eigenvalue weighted by Gasteiger charge is 2.06. The average Bonchev–Trinajstić information content (AvgIpc) is 2.92. The predicted molar refractivity (Wildman–Crippen MR) is 85.5 cm³/mol. The van der Waals surface area contributed by atoms with E-state index in [4.69, 9.17) is 15.2 Å². The van der Waals surface area contributed by atoms with Gasteiger partial charge in [0.15, 0.2) is 5.13 Å². The van der Waals surface area contributed by atoms with Gasteiger partial charge in [0, 0.05) is 17.0 Å². The Balaban J connectivity index is 1.95. The minimum atomic E-state index is -0.269. The van der Waals surface area contributed by atoms with E-state index in [-0.39, 0.29) is 12.3 Å². The first-order valence-electron chi connectivity index (χ1n) is 6.36. The van der Waals surface area contributed by atoms with Crippen LogP contribution in [0, 0.1) is 0 Å². The van der Waals surface area contributed by atoms with Crippen LogP contribution >= 0.6 is 11.3 Å². The standard InChI is InChI=1S/C14H16N4O3S/c1-20-11-4-3-9(12(6-11)21-2)7-16-18-13(19)5-10-8-22-14(15)17-10/h3-4,6-8H,5H2,1-2H3,(H2,15,17)(H,18,19)/b16-7+. The summed E-state index contributed by atoms with van der Waals surface area (Å²) in [5.74, 6) is 1.01. The van der Waals surface area contributed by atoms with Crippen LogP contribution in [0.5, 0.6) is 11.5 Å². The van der Waals surface area contributed by atoms with Crippen LogP contribution in [0.4, 0.5) is 5.13 Å². The number of thiazole rings is 1. The predicted octanol–water partition coefficient (Wildman–Crippen LogP) is 1.44. The first kappa shape index (κ1) is 15.8. The maximum Gasteiger partial charge on any atom is 0.246 e. The third-order valence-corrected chi connectivity index (χ3v) is 3.47. The Morgan fingerprint density at radius 1 is 1.45 bits per heavy atom. The minimum Gasteiger partial charge on any atom is -0.497 e. The fourth-order valence-electron chi connectivity index (χ4n) is 1.71. The maximum atomic E-state index is 11.7. The molecule has 7 nitrogen and oxygen atoms in total. The third kappa shape index (κ3) is 4.19. The molecular weight excluding hydrogens is 304 g/mol. The number of anilines is 1. The number of ether oxygens (including phenoxy) is 2. The molecule has 0 fully saturated rings. The molecular formula is C14H16N4O3S. The van der Waals surface area contributed by atoms with E-state index in [0.29, 0.717) is 22.3 Å². The number of nitrogens with one attached hydrogen (secondary N) is 1. The summed E-state index contributed by atoms with van der Waals surface area (Å²) in [6.45, 7) is 0. The molecule has 0 aliphatic heterocycles. The van der Waals surface area contributed by atoms with Crippen molar-refractivity contribution in [3.05, 3.63) is 34.8 Å². The van der Waals surface area contributed by atoms with Gasteiger partial charge < -0.3 is 15.2 Å². The number of nitrogens with zero attached hydrogens (tertiary/aromatic N) is 2. The van der Waals surface area contributed by atoms with Gasteiger partial charge in [0.1, 0.15) is 11.5 Å². The summed E-state index contributed by atoms with van der Waals surface area (Å²) in [5, 5.41) is 6.09. The topological polar surface area (TPSA) is 98.8 Å². The van der Waals surface area contributed by atoms with Crippen LogP contribution in [0.2, 0.25) is 0 Å². The van der Waals surface area contributed by atoms with E-state index in [1.54, 1.807) is 37.8 Å². The van der Waals surface area contributed by atoms with Crippen molar-refractivity contribution >= 4 is 28.6 Å². The molecule has 1 aromatic carbocycles. The maximum absolute atomic E-state index is 11.7. The van der Waals surface area contributed by atoms with E-state index in [2.05, 4.69) is 15.5 Å². The molecule has 0 atom stereocenters. The largest absolute Gasteiger partial charge is 0.497 e. The van der Waals surface area contributed by atoms with Crippen LogP contribution in [0.1, 0.15) is 11.3 Å². The molecule has 22 heavy (non-hydrogen) atoms. The lowest BCUT2D eigenvalue weighted by Crippen LogP contribution is -2.20. The first-order chi connectivity index (χ1) is 10.6. The van der Waals surface area contributed by atoms with Crippen molar-refractivity contribution in [2.75, 3.05) is 20.0 Å². The fraction of sp³-hybridized carbons (Fsp3) is 0.214. The summed E-state index contributed by atoms with van der Waals surface area (Å²) < 4.78 is 10.3. The Hall–Kier alpha value is -2.61. The van der Waals surface area contributed by atoms with Gasteiger partial charge in [-0.2, -0.15) is 5.10 Å². The van der Waals surface area contributed by atoms with Gasteiger partial charge in [-0.25, -0.2) is 10.4 Å². The summed E-state index contributed by atoms with van der Waals surface area (Å²) in [6.07, 6.45) is 1.64. The summed E-state index contributed by atoms with van der Waals surface area (Å²) in [5.41, 5.74) is 9.29. The number of aromatic nitrogens is 1. The lowest BCUT2D eigenvalue weighted by Gasteiger charge is -2.06. The quantitative estimate of drug-likeness (QED) is 0.620. The number of carbonyl (C=O) groups excluding carboxylic acids is 1. The summed E-state index contributed by atoms with van der Waals surface area (Å²) >= 11 is 1.30. The Morgan fingerprint density at radius 3 is 2.91 bits per heavy atom. The Morgan fingerprint density at radius 2 is 2.27 bits per heavy atom. The molecule has 0 spiro atoms. The number of hydrogen-bond acceptors (Lipinski definition) is 7. The number of methoxy groups -OCH3 is 2. The van der Waals surface area contributed by atoms with Gasteiger partial charge in [0.25, 0.3) is 0 Å². The second-order valence-electron chi connectivity index (χ2n) is 4.25. The van der Waals surface area contributed by atoms with Crippen LogP contribution in [0.3, 0.4) is 0 Å². The molecule has 1 heterocycles. The molecule has 0 unspecified atom stereocenters. The second kappa shape index (κ2) is 7.41. The van der Waals surface area contributed by atoms with Crippen molar-refractivity contribution in [2.24, 2.45) is 5.10 Å². The van der Waals surface area contributed by atoms with Crippen molar-refractivity contribution in [1.82, 2.24) is 10.4 Å². The molecule has 2 aromatic rings. The monoisotopic (exact) mass is 320 g/mol. The van der Waals surface area contributed by atoms with E-state index < -0.39 is 0 Å². The van der Waals surface area contributed by atoms with Gasteiger partial charge in [-0.05, 0) is 12.1 Å². The summed E-state index contributed by atoms with van der Waals surface area (Å²) in [7, 11) is 3.13. The van der Waals surface area contributed by atoms with Gasteiger partial charge >= 0.3 is 0 Å². The molecule has 2 rings (SSSR count). The SMILES string of the molecule is COc1ccc(/C=N/NC(=O)Cc2csc(N)n2)c(OC)c1. The normalized spacial score (nSPS) is 10.6. The Kier molecular flexibility index (Phi) is 5.31. The average molecular weight is 320 g/mol. The number of rotatable bonds is 6. The van der Waals surface area contributed by atoms with E-state index in [9.17, 15) is 4.79 Å². The molecule has 0 radical (unpaired) electrons. The van der Waals surface area contributed by atoms with Gasteiger partial charge in [0.2, 0.25) is 5.91 Å². The van der Waals surface area contributed by atoms with Crippen LogP contribution in [0.15, 0.2) is 28.7 Å².